The molecule has 0 fully saturated rings. The van der Waals surface area contributed by atoms with Gasteiger partial charge in [0.1, 0.15) is 5.01 Å². The van der Waals surface area contributed by atoms with Gasteiger partial charge in [-0.05, 0) is 12.6 Å². The van der Waals surface area contributed by atoms with Gasteiger partial charge in [-0.1, -0.05) is 50.3 Å². The Bertz CT molecular complexity index is 997. The second-order valence-electron chi connectivity index (χ2n) is 7.10. The first-order valence-electron chi connectivity index (χ1n) is 9.34. The topological polar surface area (TPSA) is 71.0 Å². The molecule has 1 aromatic carbocycles. The fourth-order valence-corrected chi connectivity index (χ4v) is 4.19. The number of likely N-dealkylation sites (N-methyl/N-ethyl adjacent to an activating group) is 1. The zero-order valence-electron chi connectivity index (χ0n) is 15.8. The van der Waals surface area contributed by atoms with E-state index in [9.17, 15) is 4.79 Å². The molecule has 0 atom stereocenters. The van der Waals surface area contributed by atoms with Gasteiger partial charge >= 0.3 is 0 Å². The van der Waals surface area contributed by atoms with Crippen molar-refractivity contribution >= 4 is 33.3 Å². The van der Waals surface area contributed by atoms with E-state index in [1.807, 2.05) is 24.3 Å². The summed E-state index contributed by atoms with van der Waals surface area (Å²) in [5, 5.41) is 13.6. The van der Waals surface area contributed by atoms with Crippen molar-refractivity contribution in [1.29, 1.82) is 0 Å². The molecule has 6 nitrogen and oxygen atoms in total. The van der Waals surface area contributed by atoms with Gasteiger partial charge in [0.05, 0.1) is 11.1 Å². The molecule has 0 radical (unpaired) electrons. The highest BCUT2D eigenvalue weighted by atomic mass is 32.1. The summed E-state index contributed by atoms with van der Waals surface area (Å²) in [7, 11) is 0. The van der Waals surface area contributed by atoms with Gasteiger partial charge in [0, 0.05) is 42.1 Å². The molecule has 27 heavy (non-hydrogen) atoms. The molecule has 3 aromatic rings. The zero-order chi connectivity index (χ0) is 19.0. The third kappa shape index (κ3) is 3.44. The molecule has 0 unspecified atom stereocenters. The molecule has 0 bridgehead atoms. The van der Waals surface area contributed by atoms with Crippen LogP contribution in [0.1, 0.15) is 53.3 Å². The number of hydrogen-bond donors (Lipinski definition) is 1. The molecule has 0 saturated carbocycles. The Morgan fingerprint density at radius 1 is 1.30 bits per heavy atom. The van der Waals surface area contributed by atoms with Crippen molar-refractivity contribution in [2.45, 2.75) is 39.7 Å². The van der Waals surface area contributed by atoms with Gasteiger partial charge < -0.3 is 0 Å². The van der Waals surface area contributed by atoms with E-state index < -0.39 is 0 Å². The van der Waals surface area contributed by atoms with Crippen molar-refractivity contribution < 1.29 is 4.79 Å². The second-order valence-corrected chi connectivity index (χ2v) is 8.11. The van der Waals surface area contributed by atoms with E-state index >= 15 is 0 Å². The largest absolute Gasteiger partial charge is 0.299 e. The molecule has 140 valence electrons. The van der Waals surface area contributed by atoms with Gasteiger partial charge in [-0.15, -0.1) is 10.2 Å². The lowest BCUT2D eigenvalue weighted by Gasteiger charge is -2.29. The van der Waals surface area contributed by atoms with Crippen LogP contribution in [0.15, 0.2) is 24.3 Å². The number of benzene rings is 1. The van der Waals surface area contributed by atoms with Gasteiger partial charge in [0.25, 0.3) is 5.91 Å². The number of carbonyl (C=O) groups excluding carboxylic acids is 1. The Morgan fingerprint density at radius 2 is 2.11 bits per heavy atom. The maximum atomic E-state index is 13.3. The van der Waals surface area contributed by atoms with Gasteiger partial charge in [0.15, 0.2) is 0 Å². The third-order valence-electron chi connectivity index (χ3n) is 4.95. The molecule has 1 aliphatic heterocycles. The molecule has 0 aliphatic carbocycles. The summed E-state index contributed by atoms with van der Waals surface area (Å²) in [4.78, 5) is 20.4. The SMILES string of the molecule is CCN1CCc2nc3ccccc3c(C(=O)Nc3nnc(C(C)C)s3)c2C1. The number of pyridine rings is 1. The summed E-state index contributed by atoms with van der Waals surface area (Å²) in [6.45, 7) is 8.97. The third-order valence-corrected chi connectivity index (χ3v) is 6.09. The van der Waals surface area contributed by atoms with E-state index in [2.05, 4.69) is 41.2 Å². The van der Waals surface area contributed by atoms with Crippen LogP contribution in [0.3, 0.4) is 0 Å². The predicted molar refractivity (Wildman–Crippen MR) is 108 cm³/mol. The maximum Gasteiger partial charge on any atom is 0.258 e. The molecule has 2 aromatic heterocycles. The number of fused-ring (bicyclic) bond motifs is 2. The van der Waals surface area contributed by atoms with Gasteiger partial charge in [-0.2, -0.15) is 0 Å². The molecule has 0 spiro atoms. The first-order chi connectivity index (χ1) is 13.1. The Morgan fingerprint density at radius 3 is 2.85 bits per heavy atom. The van der Waals surface area contributed by atoms with Crippen LogP contribution in [0.2, 0.25) is 0 Å². The van der Waals surface area contributed by atoms with Crippen LogP contribution in [0.5, 0.6) is 0 Å². The van der Waals surface area contributed by atoms with E-state index in [0.717, 1.165) is 58.8 Å². The lowest BCUT2D eigenvalue weighted by atomic mass is 9.95. The number of carbonyl (C=O) groups is 1. The smallest absolute Gasteiger partial charge is 0.258 e. The fourth-order valence-electron chi connectivity index (χ4n) is 3.45. The van der Waals surface area contributed by atoms with Crippen molar-refractivity contribution in [3.05, 3.63) is 46.1 Å². The Labute approximate surface area is 162 Å². The number of nitrogens with zero attached hydrogens (tertiary/aromatic N) is 4. The molecule has 1 N–H and O–H groups in total. The Kier molecular flexibility index (Phi) is 4.88. The number of anilines is 1. The van der Waals surface area contributed by atoms with Crippen molar-refractivity contribution in [2.24, 2.45) is 0 Å². The van der Waals surface area contributed by atoms with Crippen molar-refractivity contribution in [3.8, 4) is 0 Å². The van der Waals surface area contributed by atoms with Crippen molar-refractivity contribution in [1.82, 2.24) is 20.1 Å². The number of hydrogen-bond acceptors (Lipinski definition) is 6. The first kappa shape index (κ1) is 18.0. The van der Waals surface area contributed by atoms with E-state index in [1.54, 1.807) is 0 Å². The van der Waals surface area contributed by atoms with Crippen LogP contribution in [0, 0.1) is 0 Å². The normalized spacial score (nSPS) is 14.5. The molecule has 1 amide bonds. The summed E-state index contributed by atoms with van der Waals surface area (Å²) in [5.41, 5.74) is 3.65. The monoisotopic (exact) mass is 381 g/mol. The lowest BCUT2D eigenvalue weighted by Crippen LogP contribution is -2.33. The molecular weight excluding hydrogens is 358 g/mol. The predicted octanol–water partition coefficient (Wildman–Crippen LogP) is 3.84. The van der Waals surface area contributed by atoms with Crippen molar-refractivity contribution in [2.75, 3.05) is 18.4 Å². The second kappa shape index (κ2) is 7.32. The van der Waals surface area contributed by atoms with Crippen LogP contribution in [0.4, 0.5) is 5.13 Å². The molecule has 3 heterocycles. The van der Waals surface area contributed by atoms with E-state index in [1.165, 1.54) is 11.3 Å². The number of nitrogens with one attached hydrogen (secondary N) is 1. The highest BCUT2D eigenvalue weighted by Crippen LogP contribution is 2.29. The number of rotatable bonds is 4. The first-order valence-corrected chi connectivity index (χ1v) is 10.2. The molecular formula is C20H23N5OS. The minimum absolute atomic E-state index is 0.130. The summed E-state index contributed by atoms with van der Waals surface area (Å²) in [6, 6.07) is 7.86. The zero-order valence-corrected chi connectivity index (χ0v) is 16.6. The van der Waals surface area contributed by atoms with Gasteiger partial charge in [-0.25, -0.2) is 0 Å². The molecule has 4 rings (SSSR count). The maximum absolute atomic E-state index is 13.3. The van der Waals surface area contributed by atoms with Gasteiger partial charge in [-0.3, -0.25) is 20.0 Å². The quantitative estimate of drug-likeness (QED) is 0.743. The summed E-state index contributed by atoms with van der Waals surface area (Å²) in [5.74, 6) is 0.162. The fraction of sp³-hybridized carbons (Fsp3) is 0.400. The molecule has 7 heteroatoms. The number of para-hydroxylation sites is 1. The summed E-state index contributed by atoms with van der Waals surface area (Å²) >= 11 is 1.43. The van der Waals surface area contributed by atoms with Gasteiger partial charge in [0.2, 0.25) is 5.13 Å². The summed E-state index contributed by atoms with van der Waals surface area (Å²) < 4.78 is 0. The highest BCUT2D eigenvalue weighted by molar-refractivity contribution is 7.15. The minimum atomic E-state index is -0.130. The van der Waals surface area contributed by atoms with Crippen LogP contribution in [0.25, 0.3) is 10.9 Å². The van der Waals surface area contributed by atoms with Crippen LogP contribution >= 0.6 is 11.3 Å². The van der Waals surface area contributed by atoms with Crippen LogP contribution in [-0.2, 0) is 13.0 Å². The van der Waals surface area contributed by atoms with Crippen LogP contribution < -0.4 is 5.32 Å². The summed E-state index contributed by atoms with van der Waals surface area (Å²) in [6.07, 6.45) is 0.866. The average Bonchev–Trinajstić information content (AvgIpc) is 3.14. The number of aromatic nitrogens is 3. The van der Waals surface area contributed by atoms with E-state index in [4.69, 9.17) is 4.98 Å². The minimum Gasteiger partial charge on any atom is -0.299 e. The van der Waals surface area contributed by atoms with Crippen LogP contribution in [-0.4, -0.2) is 39.1 Å². The van der Waals surface area contributed by atoms with E-state index in [-0.39, 0.29) is 5.91 Å². The molecule has 0 saturated heterocycles. The Balaban J connectivity index is 1.77. The standard InChI is InChI=1S/C20H23N5OS/c1-4-25-10-9-16-14(11-25)17(13-7-5-6-8-15(13)21-16)18(26)22-20-24-23-19(27-20)12(2)3/h5-8,12H,4,9-11H2,1-3H3,(H,22,24,26). The number of amides is 1. The Hall–Kier alpha value is -2.38. The van der Waals surface area contributed by atoms with Crippen molar-refractivity contribution in [3.63, 3.8) is 0 Å². The van der Waals surface area contributed by atoms with E-state index in [0.29, 0.717) is 11.0 Å². The molecule has 1 aliphatic rings. The highest BCUT2D eigenvalue weighted by Gasteiger charge is 2.25. The lowest BCUT2D eigenvalue weighted by molar-refractivity contribution is 0.102. The average molecular weight is 382 g/mol.